The van der Waals surface area contributed by atoms with E-state index < -0.39 is 0 Å². The van der Waals surface area contributed by atoms with Crippen molar-refractivity contribution in [3.8, 4) is 0 Å². The van der Waals surface area contributed by atoms with Gasteiger partial charge in [0.2, 0.25) is 5.91 Å². The molecule has 1 unspecified atom stereocenters. The summed E-state index contributed by atoms with van der Waals surface area (Å²) < 4.78 is 7.66. The maximum Gasteiger partial charge on any atom is 0.290 e. The van der Waals surface area contributed by atoms with Crippen LogP contribution in [0, 0.1) is 0 Å². The molecular formula is C15H25N3O4. The van der Waals surface area contributed by atoms with Crippen LogP contribution in [-0.4, -0.2) is 66.3 Å². The number of nitrogens with one attached hydrogen (secondary N) is 1. The van der Waals surface area contributed by atoms with E-state index >= 15 is 0 Å². The quantitative estimate of drug-likeness (QED) is 0.754. The summed E-state index contributed by atoms with van der Waals surface area (Å²) in [6.07, 6.45) is 3.43. The molecule has 1 saturated heterocycles. The number of nitrogens with zero attached hydrogens (tertiary/aromatic N) is 2. The Morgan fingerprint density at radius 1 is 1.55 bits per heavy atom. The van der Waals surface area contributed by atoms with E-state index in [2.05, 4.69) is 17.3 Å². The van der Waals surface area contributed by atoms with E-state index in [9.17, 15) is 4.79 Å². The Balaban J connectivity index is 0.000000745. The molecular weight excluding hydrogens is 286 g/mol. The van der Waals surface area contributed by atoms with Gasteiger partial charge < -0.3 is 24.6 Å². The van der Waals surface area contributed by atoms with Crippen molar-refractivity contribution in [3.63, 3.8) is 0 Å². The lowest BCUT2D eigenvalue weighted by atomic mass is 10.2. The number of carbonyl (C=O) groups excluding carboxylic acids is 1. The first-order valence-corrected chi connectivity index (χ1v) is 7.31. The molecule has 124 valence electrons. The minimum Gasteiger partial charge on any atom is -0.483 e. The van der Waals surface area contributed by atoms with E-state index in [0.29, 0.717) is 13.0 Å². The number of carboxylic acid groups (broad SMARTS) is 1. The maximum atomic E-state index is 11.8. The van der Waals surface area contributed by atoms with Gasteiger partial charge >= 0.3 is 0 Å². The fourth-order valence-electron chi connectivity index (χ4n) is 2.30. The molecule has 1 fully saturated rings. The molecule has 1 aromatic rings. The number of ether oxygens (including phenoxy) is 1. The summed E-state index contributed by atoms with van der Waals surface area (Å²) in [5.41, 5.74) is 1.18. The van der Waals surface area contributed by atoms with Crippen LogP contribution in [0.1, 0.15) is 12.1 Å². The first kappa shape index (κ1) is 18.2. The van der Waals surface area contributed by atoms with Crippen LogP contribution in [0.3, 0.4) is 0 Å². The molecule has 2 rings (SSSR count). The van der Waals surface area contributed by atoms with Crippen LogP contribution < -0.4 is 5.32 Å². The summed E-state index contributed by atoms with van der Waals surface area (Å²) in [5, 5.41) is 9.84. The van der Waals surface area contributed by atoms with Crippen molar-refractivity contribution in [2.75, 3.05) is 33.3 Å². The average Bonchev–Trinajstić information content (AvgIpc) is 2.89. The molecule has 0 aliphatic carbocycles. The van der Waals surface area contributed by atoms with E-state index in [1.54, 1.807) is 0 Å². The number of aromatic nitrogens is 1. The minimum atomic E-state index is -0.250. The summed E-state index contributed by atoms with van der Waals surface area (Å²) in [5.74, 6) is 0.0954. The highest BCUT2D eigenvalue weighted by Gasteiger charge is 2.18. The maximum absolute atomic E-state index is 11.8. The monoisotopic (exact) mass is 311 g/mol. The molecule has 1 aliphatic rings. The Morgan fingerprint density at radius 2 is 2.27 bits per heavy atom. The van der Waals surface area contributed by atoms with Crippen LogP contribution in [0.15, 0.2) is 18.3 Å². The van der Waals surface area contributed by atoms with E-state index in [0.717, 1.165) is 26.1 Å². The van der Waals surface area contributed by atoms with Gasteiger partial charge in [0.1, 0.15) is 0 Å². The molecule has 0 bridgehead atoms. The van der Waals surface area contributed by atoms with Crippen molar-refractivity contribution in [1.29, 1.82) is 0 Å². The van der Waals surface area contributed by atoms with Gasteiger partial charge in [0, 0.05) is 45.0 Å². The third-order valence-corrected chi connectivity index (χ3v) is 3.53. The van der Waals surface area contributed by atoms with Gasteiger partial charge in [0.05, 0.1) is 12.7 Å². The predicted octanol–water partition coefficient (Wildman–Crippen LogP) is 0.105. The molecule has 0 spiro atoms. The van der Waals surface area contributed by atoms with Gasteiger partial charge in [0.15, 0.2) is 0 Å². The zero-order chi connectivity index (χ0) is 16.4. The van der Waals surface area contributed by atoms with Crippen LogP contribution in [0.25, 0.3) is 0 Å². The Hall–Kier alpha value is -1.86. The van der Waals surface area contributed by atoms with Crippen molar-refractivity contribution in [2.24, 2.45) is 7.05 Å². The van der Waals surface area contributed by atoms with Crippen molar-refractivity contribution in [2.45, 2.75) is 18.9 Å². The van der Waals surface area contributed by atoms with Crippen molar-refractivity contribution in [1.82, 2.24) is 14.8 Å². The van der Waals surface area contributed by atoms with E-state index in [1.807, 2.05) is 29.9 Å². The fourth-order valence-corrected chi connectivity index (χ4v) is 2.30. The highest BCUT2D eigenvalue weighted by molar-refractivity contribution is 5.76. The number of rotatable bonds is 5. The molecule has 1 atom stereocenters. The number of hydrogen-bond donors (Lipinski definition) is 2. The molecule has 7 nitrogen and oxygen atoms in total. The second-order valence-electron chi connectivity index (χ2n) is 5.27. The van der Waals surface area contributed by atoms with Crippen molar-refractivity contribution < 1.29 is 19.4 Å². The first-order chi connectivity index (χ1) is 10.6. The molecule has 7 heteroatoms. The zero-order valence-electron chi connectivity index (χ0n) is 13.2. The van der Waals surface area contributed by atoms with Gasteiger partial charge in [-0.2, -0.15) is 0 Å². The van der Waals surface area contributed by atoms with Crippen LogP contribution in [0.5, 0.6) is 0 Å². The fraction of sp³-hybridized carbons (Fsp3) is 0.600. The Labute approximate surface area is 130 Å². The second kappa shape index (κ2) is 9.97. The summed E-state index contributed by atoms with van der Waals surface area (Å²) in [6, 6.07) is 4.05. The van der Waals surface area contributed by atoms with Crippen molar-refractivity contribution >= 4 is 12.4 Å². The topological polar surface area (TPSA) is 83.8 Å². The summed E-state index contributed by atoms with van der Waals surface area (Å²) >= 11 is 0. The lowest BCUT2D eigenvalue weighted by molar-refractivity contribution is -0.123. The van der Waals surface area contributed by atoms with Gasteiger partial charge in [-0.1, -0.05) is 0 Å². The second-order valence-corrected chi connectivity index (χ2v) is 5.27. The third kappa shape index (κ3) is 6.73. The van der Waals surface area contributed by atoms with Gasteiger partial charge in [-0.3, -0.25) is 9.59 Å². The Bertz CT molecular complexity index is 461. The van der Waals surface area contributed by atoms with E-state index in [4.69, 9.17) is 14.6 Å². The lowest BCUT2D eigenvalue weighted by Crippen LogP contribution is -2.45. The van der Waals surface area contributed by atoms with Crippen LogP contribution >= 0.6 is 0 Å². The smallest absolute Gasteiger partial charge is 0.290 e. The molecule has 1 aliphatic heterocycles. The molecule has 1 amide bonds. The van der Waals surface area contributed by atoms with Gasteiger partial charge in [-0.15, -0.1) is 0 Å². The molecule has 22 heavy (non-hydrogen) atoms. The number of aryl methyl sites for hydroxylation is 2. The van der Waals surface area contributed by atoms with Gasteiger partial charge in [-0.25, -0.2) is 0 Å². The lowest BCUT2D eigenvalue weighted by Gasteiger charge is -2.30. The number of hydrogen-bond acceptors (Lipinski definition) is 4. The van der Waals surface area contributed by atoms with E-state index in [-0.39, 0.29) is 18.5 Å². The van der Waals surface area contributed by atoms with Gasteiger partial charge in [0.25, 0.3) is 6.47 Å². The minimum absolute atomic E-state index is 0.0954. The third-order valence-electron chi connectivity index (χ3n) is 3.53. The molecule has 0 aromatic carbocycles. The molecule has 0 radical (unpaired) electrons. The molecule has 0 saturated carbocycles. The zero-order valence-corrected chi connectivity index (χ0v) is 13.2. The molecule has 2 heterocycles. The standard InChI is InChI=1S/C14H23N3O2.CH2O2/c1-16-8-9-19-13(11-16)10-15-14(18)6-5-12-4-3-7-17(12)2;2-1-3/h3-4,7,13H,5-6,8-11H2,1-2H3,(H,15,18);1H,(H,2,3). The summed E-state index contributed by atoms with van der Waals surface area (Å²) in [7, 11) is 4.08. The predicted molar refractivity (Wildman–Crippen MR) is 82.7 cm³/mol. The Kier molecular flexibility index (Phi) is 8.24. The number of morpholine rings is 1. The summed E-state index contributed by atoms with van der Waals surface area (Å²) in [6.45, 7) is 2.97. The van der Waals surface area contributed by atoms with Crippen LogP contribution in [0.2, 0.25) is 0 Å². The van der Waals surface area contributed by atoms with Crippen molar-refractivity contribution in [3.05, 3.63) is 24.0 Å². The Morgan fingerprint density at radius 3 is 2.86 bits per heavy atom. The number of carbonyl (C=O) groups is 2. The van der Waals surface area contributed by atoms with Gasteiger partial charge in [-0.05, 0) is 25.6 Å². The number of likely N-dealkylation sites (N-methyl/N-ethyl adjacent to an activating group) is 1. The molecule has 1 aromatic heterocycles. The van der Waals surface area contributed by atoms with Crippen LogP contribution in [-0.2, 0) is 27.8 Å². The molecule has 2 N–H and O–H groups in total. The first-order valence-electron chi connectivity index (χ1n) is 7.31. The largest absolute Gasteiger partial charge is 0.483 e. The van der Waals surface area contributed by atoms with E-state index in [1.165, 1.54) is 5.69 Å². The SMILES string of the molecule is CN1CCOC(CNC(=O)CCc2cccn2C)C1.O=CO. The average molecular weight is 311 g/mol. The number of amides is 1. The highest BCUT2D eigenvalue weighted by atomic mass is 16.5. The normalized spacial score (nSPS) is 18.2. The summed E-state index contributed by atoms with van der Waals surface area (Å²) in [4.78, 5) is 22.4. The van der Waals surface area contributed by atoms with Crippen LogP contribution in [0.4, 0.5) is 0 Å². The highest BCUT2D eigenvalue weighted by Crippen LogP contribution is 2.04.